The van der Waals surface area contributed by atoms with E-state index in [-0.39, 0.29) is 29.2 Å². The predicted molar refractivity (Wildman–Crippen MR) is 114 cm³/mol. The molecule has 0 unspecified atom stereocenters. The average molecular weight is 458 g/mol. The van der Waals surface area contributed by atoms with Crippen LogP contribution in [-0.4, -0.2) is 41.0 Å². The highest BCUT2D eigenvalue weighted by Crippen LogP contribution is 2.30. The molecule has 1 amide bonds. The molecule has 1 aliphatic heterocycles. The van der Waals surface area contributed by atoms with Crippen molar-refractivity contribution < 1.29 is 27.2 Å². The molecule has 1 aliphatic rings. The lowest BCUT2D eigenvalue weighted by Crippen LogP contribution is -2.41. The molecule has 0 aliphatic carbocycles. The second-order valence-electron chi connectivity index (χ2n) is 7.56. The Labute approximate surface area is 187 Å². The molecule has 1 fully saturated rings. The highest BCUT2D eigenvalue weighted by molar-refractivity contribution is 5.99. The van der Waals surface area contributed by atoms with Crippen molar-refractivity contribution in [2.24, 2.45) is 10.7 Å². The zero-order chi connectivity index (χ0) is 23.4. The Morgan fingerprint density at radius 1 is 1.12 bits per heavy atom. The molecule has 2 aromatic carbocycles. The summed E-state index contributed by atoms with van der Waals surface area (Å²) in [4.78, 5) is 18.3. The number of alkyl halides is 3. The largest absolute Gasteiger partial charge is 0.490 e. The molecule has 2 N–H and O–H groups in total. The number of hydrogen-bond acceptors (Lipinski definition) is 5. The van der Waals surface area contributed by atoms with Crippen molar-refractivity contribution in [3.63, 3.8) is 0 Å². The summed E-state index contributed by atoms with van der Waals surface area (Å²) in [6, 6.07) is 13.1. The highest BCUT2D eigenvalue weighted by Gasteiger charge is 2.30. The van der Waals surface area contributed by atoms with Gasteiger partial charge in [0.05, 0.1) is 17.4 Å². The first-order valence-electron chi connectivity index (χ1n) is 10.3. The number of aliphatic imine (C=N–C) groups is 1. The molecule has 0 saturated carbocycles. The van der Waals surface area contributed by atoms with Gasteiger partial charge in [0, 0.05) is 43.6 Å². The molecule has 10 heteroatoms. The minimum Gasteiger partial charge on any atom is -0.490 e. The number of likely N-dealkylation sites (tertiary alicyclic amines) is 1. The number of piperidine rings is 1. The van der Waals surface area contributed by atoms with Gasteiger partial charge in [0.1, 0.15) is 17.7 Å². The monoisotopic (exact) mass is 458 g/mol. The molecule has 2 heterocycles. The van der Waals surface area contributed by atoms with E-state index in [1.54, 1.807) is 29.2 Å². The maximum atomic E-state index is 12.9. The molecule has 1 saturated heterocycles. The number of rotatable bonds is 5. The van der Waals surface area contributed by atoms with Crippen molar-refractivity contribution in [3.8, 4) is 5.75 Å². The SMILES string of the molecule is NC(=Nc1cccc(OC2CCN(C(=O)c3ccno3)CC2)c1)c1cccc(C(F)(F)F)c1. The van der Waals surface area contributed by atoms with Gasteiger partial charge in [0.2, 0.25) is 5.76 Å². The third-order valence-corrected chi connectivity index (χ3v) is 5.23. The molecule has 3 aromatic rings. The summed E-state index contributed by atoms with van der Waals surface area (Å²) in [6.07, 6.45) is -1.85. The fourth-order valence-electron chi connectivity index (χ4n) is 3.54. The van der Waals surface area contributed by atoms with E-state index in [1.165, 1.54) is 24.4 Å². The Balaban J connectivity index is 1.39. The van der Waals surface area contributed by atoms with Gasteiger partial charge in [-0.25, -0.2) is 4.99 Å². The molecule has 172 valence electrons. The third kappa shape index (κ3) is 5.51. The summed E-state index contributed by atoms with van der Waals surface area (Å²) in [5.41, 5.74) is 5.80. The zero-order valence-corrected chi connectivity index (χ0v) is 17.5. The van der Waals surface area contributed by atoms with Gasteiger partial charge < -0.3 is 19.9 Å². The number of nitrogens with two attached hydrogens (primary N) is 1. The lowest BCUT2D eigenvalue weighted by Gasteiger charge is -2.31. The van der Waals surface area contributed by atoms with Crippen LogP contribution in [0.1, 0.15) is 34.5 Å². The van der Waals surface area contributed by atoms with Gasteiger partial charge in [-0.3, -0.25) is 4.79 Å². The summed E-state index contributed by atoms with van der Waals surface area (Å²) in [7, 11) is 0. The number of hydrogen-bond donors (Lipinski definition) is 1. The summed E-state index contributed by atoms with van der Waals surface area (Å²) in [5, 5.41) is 3.56. The molecule has 0 radical (unpaired) electrons. The summed E-state index contributed by atoms with van der Waals surface area (Å²) in [5.74, 6) is 0.538. The first kappa shape index (κ1) is 22.4. The van der Waals surface area contributed by atoms with Gasteiger partial charge >= 0.3 is 6.18 Å². The maximum absolute atomic E-state index is 12.9. The van der Waals surface area contributed by atoms with Crippen LogP contribution in [0.5, 0.6) is 5.75 Å². The Bertz CT molecular complexity index is 1140. The Morgan fingerprint density at radius 2 is 1.88 bits per heavy atom. The molecule has 7 nitrogen and oxygen atoms in total. The number of aromatic nitrogens is 1. The number of nitrogens with zero attached hydrogens (tertiary/aromatic N) is 3. The van der Waals surface area contributed by atoms with E-state index < -0.39 is 11.7 Å². The van der Waals surface area contributed by atoms with Crippen LogP contribution in [0.2, 0.25) is 0 Å². The summed E-state index contributed by atoms with van der Waals surface area (Å²) < 4.78 is 49.8. The Kier molecular flexibility index (Phi) is 6.34. The van der Waals surface area contributed by atoms with Crippen molar-refractivity contribution in [2.45, 2.75) is 25.1 Å². The molecule has 0 bridgehead atoms. The lowest BCUT2D eigenvalue weighted by atomic mass is 10.1. The molecular formula is C23H21F3N4O3. The van der Waals surface area contributed by atoms with Gasteiger partial charge in [-0.1, -0.05) is 23.4 Å². The lowest BCUT2D eigenvalue weighted by molar-refractivity contribution is -0.137. The maximum Gasteiger partial charge on any atom is 0.416 e. The predicted octanol–water partition coefficient (Wildman–Crippen LogP) is 4.41. The van der Waals surface area contributed by atoms with Gasteiger partial charge in [-0.15, -0.1) is 0 Å². The second kappa shape index (κ2) is 9.35. The fraction of sp³-hybridized carbons (Fsp3) is 0.261. The normalized spacial score (nSPS) is 15.5. The van der Waals surface area contributed by atoms with E-state index in [4.69, 9.17) is 15.0 Å². The van der Waals surface area contributed by atoms with Crippen molar-refractivity contribution in [3.05, 3.63) is 77.7 Å². The quantitative estimate of drug-likeness (QED) is 0.451. The van der Waals surface area contributed by atoms with E-state index in [0.717, 1.165) is 12.1 Å². The second-order valence-corrected chi connectivity index (χ2v) is 7.56. The average Bonchev–Trinajstić information content (AvgIpc) is 3.34. The topological polar surface area (TPSA) is 94.0 Å². The first-order chi connectivity index (χ1) is 15.8. The summed E-state index contributed by atoms with van der Waals surface area (Å²) in [6.45, 7) is 1.04. The number of amidine groups is 1. The van der Waals surface area contributed by atoms with Crippen LogP contribution in [0, 0.1) is 0 Å². The molecular weight excluding hydrogens is 437 g/mol. The van der Waals surface area contributed by atoms with E-state index in [0.29, 0.717) is 37.4 Å². The Hall–Kier alpha value is -3.82. The number of halogens is 3. The number of carbonyl (C=O) groups excluding carboxylic acids is 1. The van der Waals surface area contributed by atoms with Gasteiger partial charge in [-0.2, -0.15) is 13.2 Å². The van der Waals surface area contributed by atoms with E-state index in [9.17, 15) is 18.0 Å². The molecule has 1 aromatic heterocycles. The van der Waals surface area contributed by atoms with Crippen LogP contribution in [0.4, 0.5) is 18.9 Å². The van der Waals surface area contributed by atoms with Crippen molar-refractivity contribution in [1.29, 1.82) is 0 Å². The number of benzene rings is 2. The van der Waals surface area contributed by atoms with Crippen molar-refractivity contribution >= 4 is 17.4 Å². The van der Waals surface area contributed by atoms with E-state index in [2.05, 4.69) is 10.1 Å². The smallest absolute Gasteiger partial charge is 0.416 e. The van der Waals surface area contributed by atoms with Crippen LogP contribution >= 0.6 is 0 Å². The minimum absolute atomic E-state index is 0.0301. The van der Waals surface area contributed by atoms with Crippen LogP contribution < -0.4 is 10.5 Å². The van der Waals surface area contributed by atoms with E-state index >= 15 is 0 Å². The van der Waals surface area contributed by atoms with Crippen molar-refractivity contribution in [2.75, 3.05) is 13.1 Å². The molecule has 4 rings (SSSR count). The van der Waals surface area contributed by atoms with Gasteiger partial charge in [0.25, 0.3) is 5.91 Å². The molecule has 0 atom stereocenters. The fourth-order valence-corrected chi connectivity index (χ4v) is 3.54. The standard InChI is InChI=1S/C23H21F3N4O3/c24-23(25,26)16-4-1-3-15(13-16)21(27)29-17-5-2-6-19(14-17)32-18-8-11-30(12-9-18)22(31)20-7-10-28-33-20/h1-7,10,13-14,18H,8-9,11-12H2,(H2,27,29). The molecule has 33 heavy (non-hydrogen) atoms. The third-order valence-electron chi connectivity index (χ3n) is 5.23. The highest BCUT2D eigenvalue weighted by atomic mass is 19.4. The number of carbonyl (C=O) groups is 1. The van der Waals surface area contributed by atoms with Crippen LogP contribution in [0.15, 0.2) is 70.3 Å². The number of amides is 1. The molecule has 0 spiro atoms. The van der Waals surface area contributed by atoms with Crippen LogP contribution in [0.25, 0.3) is 0 Å². The van der Waals surface area contributed by atoms with Gasteiger partial charge in [0.15, 0.2) is 0 Å². The Morgan fingerprint density at radius 3 is 2.58 bits per heavy atom. The first-order valence-corrected chi connectivity index (χ1v) is 10.3. The van der Waals surface area contributed by atoms with Crippen molar-refractivity contribution in [1.82, 2.24) is 10.1 Å². The van der Waals surface area contributed by atoms with Crippen LogP contribution in [-0.2, 0) is 6.18 Å². The summed E-state index contributed by atoms with van der Waals surface area (Å²) >= 11 is 0. The minimum atomic E-state index is -4.46. The van der Waals surface area contributed by atoms with Gasteiger partial charge in [-0.05, 0) is 24.3 Å². The number of ether oxygens (including phenoxy) is 1. The van der Waals surface area contributed by atoms with Crippen LogP contribution in [0.3, 0.4) is 0 Å². The zero-order valence-electron chi connectivity index (χ0n) is 17.5. The van der Waals surface area contributed by atoms with E-state index in [1.807, 2.05) is 0 Å².